The van der Waals surface area contributed by atoms with Crippen molar-refractivity contribution < 1.29 is 9.59 Å². The predicted molar refractivity (Wildman–Crippen MR) is 85.3 cm³/mol. The highest BCUT2D eigenvalue weighted by Crippen LogP contribution is 2.25. The Balaban J connectivity index is 2.76. The maximum absolute atomic E-state index is 13.0. The molecule has 2 aromatic rings. The number of aryl methyl sites for hydroxylation is 4. The van der Waals surface area contributed by atoms with Crippen molar-refractivity contribution in [2.45, 2.75) is 34.6 Å². The van der Waals surface area contributed by atoms with E-state index in [1.807, 2.05) is 58.0 Å². The summed E-state index contributed by atoms with van der Waals surface area (Å²) in [6.45, 7) is 9.13. The van der Waals surface area contributed by atoms with Gasteiger partial charge in [-0.2, -0.15) is 0 Å². The highest BCUT2D eigenvalue weighted by Gasteiger charge is 2.22. The van der Waals surface area contributed by atoms with E-state index in [1.54, 1.807) is 0 Å². The van der Waals surface area contributed by atoms with Gasteiger partial charge in [-0.25, -0.2) is 0 Å². The molecule has 0 aliphatic rings. The molecule has 0 fully saturated rings. The molecular weight excluding hydrogens is 260 g/mol. The fourth-order valence-electron chi connectivity index (χ4n) is 2.85. The standard InChI is InChI=1S/C19H20O2/c1-11-7-6-8-12(2)16(11)19(21)18-14(4)10-9-13(3)17(18)15(5)20/h6-10H,1-5H3. The number of carbonyl (C=O) groups excluding carboxylic acids is 2. The van der Waals surface area contributed by atoms with Crippen molar-refractivity contribution in [3.05, 3.63) is 69.3 Å². The van der Waals surface area contributed by atoms with Crippen LogP contribution in [0.15, 0.2) is 30.3 Å². The first-order valence-electron chi connectivity index (χ1n) is 7.06. The van der Waals surface area contributed by atoms with Gasteiger partial charge in [-0.05, 0) is 56.9 Å². The number of carbonyl (C=O) groups is 2. The summed E-state index contributed by atoms with van der Waals surface area (Å²) in [4.78, 5) is 25.0. The van der Waals surface area contributed by atoms with Crippen molar-refractivity contribution in [3.63, 3.8) is 0 Å². The van der Waals surface area contributed by atoms with Gasteiger partial charge in [0.1, 0.15) is 0 Å². The van der Waals surface area contributed by atoms with Gasteiger partial charge in [0.15, 0.2) is 11.6 Å². The van der Waals surface area contributed by atoms with Gasteiger partial charge in [-0.15, -0.1) is 0 Å². The van der Waals surface area contributed by atoms with Crippen LogP contribution < -0.4 is 0 Å². The molecule has 0 bridgehead atoms. The second-order valence-corrected chi connectivity index (χ2v) is 5.60. The Labute approximate surface area is 125 Å². The van der Waals surface area contributed by atoms with Crippen LogP contribution in [0.25, 0.3) is 0 Å². The first kappa shape index (κ1) is 15.2. The first-order valence-corrected chi connectivity index (χ1v) is 7.06. The van der Waals surface area contributed by atoms with Crippen molar-refractivity contribution in [1.29, 1.82) is 0 Å². The summed E-state index contributed by atoms with van der Waals surface area (Å²) in [5.74, 6) is -0.122. The zero-order valence-electron chi connectivity index (χ0n) is 13.2. The molecule has 0 spiro atoms. The smallest absolute Gasteiger partial charge is 0.194 e. The van der Waals surface area contributed by atoms with Crippen LogP contribution in [-0.4, -0.2) is 11.6 Å². The van der Waals surface area contributed by atoms with Gasteiger partial charge in [0.25, 0.3) is 0 Å². The molecule has 0 heterocycles. The number of rotatable bonds is 3. The molecule has 0 atom stereocenters. The summed E-state index contributed by atoms with van der Waals surface area (Å²) in [5.41, 5.74) is 5.36. The Morgan fingerprint density at radius 2 is 1.10 bits per heavy atom. The average Bonchev–Trinajstić information content (AvgIpc) is 2.40. The number of hydrogen-bond acceptors (Lipinski definition) is 2. The molecule has 2 nitrogen and oxygen atoms in total. The topological polar surface area (TPSA) is 34.1 Å². The Bertz CT molecular complexity index is 719. The number of benzene rings is 2. The van der Waals surface area contributed by atoms with Gasteiger partial charge >= 0.3 is 0 Å². The Hall–Kier alpha value is -2.22. The molecule has 21 heavy (non-hydrogen) atoms. The van der Waals surface area contributed by atoms with Crippen molar-refractivity contribution in [2.24, 2.45) is 0 Å². The Morgan fingerprint density at radius 3 is 1.57 bits per heavy atom. The van der Waals surface area contributed by atoms with Crippen LogP contribution in [0, 0.1) is 27.7 Å². The third-order valence-corrected chi connectivity index (χ3v) is 3.91. The average molecular weight is 280 g/mol. The lowest BCUT2D eigenvalue weighted by molar-refractivity contribution is 0.0988. The van der Waals surface area contributed by atoms with E-state index in [1.165, 1.54) is 6.92 Å². The SMILES string of the molecule is CC(=O)c1c(C)ccc(C)c1C(=O)c1c(C)cccc1C. The molecule has 0 N–H and O–H groups in total. The minimum Gasteiger partial charge on any atom is -0.294 e. The summed E-state index contributed by atoms with van der Waals surface area (Å²) < 4.78 is 0. The van der Waals surface area contributed by atoms with Crippen LogP contribution in [-0.2, 0) is 0 Å². The van der Waals surface area contributed by atoms with Gasteiger partial charge in [0.05, 0.1) is 0 Å². The molecule has 108 valence electrons. The highest BCUT2D eigenvalue weighted by atomic mass is 16.1. The molecular formula is C19H20O2. The minimum atomic E-state index is -0.0641. The van der Waals surface area contributed by atoms with Gasteiger partial charge in [-0.1, -0.05) is 30.3 Å². The maximum atomic E-state index is 13.0. The van der Waals surface area contributed by atoms with E-state index in [4.69, 9.17) is 0 Å². The first-order chi connectivity index (χ1) is 9.84. The lowest BCUT2D eigenvalue weighted by Gasteiger charge is -2.15. The zero-order chi connectivity index (χ0) is 15.7. The van der Waals surface area contributed by atoms with E-state index in [-0.39, 0.29) is 11.6 Å². The van der Waals surface area contributed by atoms with E-state index in [2.05, 4.69) is 0 Å². The van der Waals surface area contributed by atoms with Crippen LogP contribution in [0.4, 0.5) is 0 Å². The van der Waals surface area contributed by atoms with Crippen LogP contribution in [0.1, 0.15) is 55.5 Å². The zero-order valence-corrected chi connectivity index (χ0v) is 13.2. The second kappa shape index (κ2) is 5.65. The predicted octanol–water partition coefficient (Wildman–Crippen LogP) is 4.35. The molecule has 0 amide bonds. The summed E-state index contributed by atoms with van der Waals surface area (Å²) in [6, 6.07) is 9.60. The molecule has 0 aliphatic carbocycles. The number of hydrogen-bond donors (Lipinski definition) is 0. The van der Waals surface area contributed by atoms with E-state index in [0.717, 1.165) is 22.3 Å². The molecule has 0 saturated heterocycles. The van der Waals surface area contributed by atoms with E-state index in [9.17, 15) is 9.59 Å². The van der Waals surface area contributed by atoms with Crippen LogP contribution in [0.2, 0.25) is 0 Å². The molecule has 0 aliphatic heterocycles. The number of Topliss-reactive ketones (excluding diaryl/α,β-unsaturated/α-hetero) is 1. The molecule has 0 aromatic heterocycles. The molecule has 2 rings (SSSR count). The van der Waals surface area contributed by atoms with Crippen molar-refractivity contribution in [3.8, 4) is 0 Å². The van der Waals surface area contributed by atoms with Crippen LogP contribution in [0.3, 0.4) is 0 Å². The summed E-state index contributed by atoms with van der Waals surface area (Å²) in [6.07, 6.45) is 0. The lowest BCUT2D eigenvalue weighted by atomic mass is 9.87. The number of ketones is 2. The molecule has 0 radical (unpaired) electrons. The maximum Gasteiger partial charge on any atom is 0.194 e. The van der Waals surface area contributed by atoms with Crippen molar-refractivity contribution >= 4 is 11.6 Å². The third-order valence-electron chi connectivity index (χ3n) is 3.91. The lowest BCUT2D eigenvalue weighted by Crippen LogP contribution is -2.14. The molecule has 2 aromatic carbocycles. The summed E-state index contributed by atoms with van der Waals surface area (Å²) >= 11 is 0. The highest BCUT2D eigenvalue weighted by molar-refractivity contribution is 6.17. The molecule has 2 heteroatoms. The van der Waals surface area contributed by atoms with E-state index < -0.39 is 0 Å². The minimum absolute atomic E-state index is 0.0583. The Kier molecular flexibility index (Phi) is 4.08. The fourth-order valence-corrected chi connectivity index (χ4v) is 2.85. The summed E-state index contributed by atoms with van der Waals surface area (Å²) in [5, 5.41) is 0. The van der Waals surface area contributed by atoms with Crippen LogP contribution in [0.5, 0.6) is 0 Å². The third kappa shape index (κ3) is 2.66. The molecule has 0 unspecified atom stereocenters. The normalized spacial score (nSPS) is 10.5. The summed E-state index contributed by atoms with van der Waals surface area (Å²) in [7, 11) is 0. The monoisotopic (exact) mass is 280 g/mol. The quantitative estimate of drug-likeness (QED) is 0.783. The Morgan fingerprint density at radius 1 is 0.667 bits per heavy atom. The van der Waals surface area contributed by atoms with Gasteiger partial charge in [0, 0.05) is 16.7 Å². The largest absolute Gasteiger partial charge is 0.294 e. The van der Waals surface area contributed by atoms with Gasteiger partial charge in [-0.3, -0.25) is 9.59 Å². The molecule has 0 saturated carbocycles. The van der Waals surface area contributed by atoms with Crippen molar-refractivity contribution in [1.82, 2.24) is 0 Å². The van der Waals surface area contributed by atoms with Gasteiger partial charge < -0.3 is 0 Å². The van der Waals surface area contributed by atoms with E-state index >= 15 is 0 Å². The fraction of sp³-hybridized carbons (Fsp3) is 0.263. The van der Waals surface area contributed by atoms with Crippen LogP contribution >= 0.6 is 0 Å². The second-order valence-electron chi connectivity index (χ2n) is 5.60. The van der Waals surface area contributed by atoms with Crippen molar-refractivity contribution in [2.75, 3.05) is 0 Å². The van der Waals surface area contributed by atoms with Gasteiger partial charge in [0.2, 0.25) is 0 Å². The van der Waals surface area contributed by atoms with E-state index in [0.29, 0.717) is 16.7 Å².